The van der Waals surface area contributed by atoms with Crippen LogP contribution in [0.2, 0.25) is 0 Å². The predicted octanol–water partition coefficient (Wildman–Crippen LogP) is 8.49. The third-order valence-electron chi connectivity index (χ3n) is 16.4. The number of rotatable bonds is 25. The van der Waals surface area contributed by atoms with Crippen LogP contribution in [0.3, 0.4) is 0 Å². The van der Waals surface area contributed by atoms with E-state index >= 15 is 0 Å². The Hall–Kier alpha value is -11.8. The van der Waals surface area contributed by atoms with Gasteiger partial charge in [0.15, 0.2) is 67.7 Å². The minimum Gasteiger partial charge on any atom is -0.459 e. The monoisotopic (exact) mass is 1420 g/mol. The number of carbonyl (C=O) groups is 10. The topological polar surface area (TPSA) is 329 Å². The SMILES string of the molecule is CC(=O)O[C@H]1[C@@H](O[C@@H]2O[C@H](COC(=O)c3ccccc3)C(OC(=O)c3ccccc3)[C@H](OC(=O)c3ccccc3)[C@@H]2OC(=O)c2ccccc2)[C@H](OC(C)=O)[C@@H](CO[C@H]2O[C@@H](COC(=O)c3ccccc3)[C@H](OC(=O)c3ccccc3)[C@H](OC(=O)c3ccccc3)[C@H]2OC(=O)c2ccccc2)O[C@H]1O. The van der Waals surface area contributed by atoms with Crippen LogP contribution in [-0.2, 0) is 80.6 Å². The predicted molar refractivity (Wildman–Crippen MR) is 357 cm³/mol. The van der Waals surface area contributed by atoms with Crippen molar-refractivity contribution in [3.63, 3.8) is 0 Å². The molecule has 3 saturated heterocycles. The second-order valence-electron chi connectivity index (χ2n) is 23.6. The Morgan fingerprint density at radius 1 is 0.269 bits per heavy atom. The molecule has 11 rings (SSSR count). The molecule has 8 aromatic rings. The molecule has 0 radical (unpaired) electrons. The summed E-state index contributed by atoms with van der Waals surface area (Å²) in [5, 5.41) is 12.3. The van der Waals surface area contributed by atoms with Crippen LogP contribution in [0.25, 0.3) is 0 Å². The maximum atomic E-state index is 14.7. The van der Waals surface area contributed by atoms with Gasteiger partial charge in [0.2, 0.25) is 0 Å². The number of benzene rings is 8. The van der Waals surface area contributed by atoms with Crippen molar-refractivity contribution >= 4 is 59.7 Å². The lowest BCUT2D eigenvalue weighted by atomic mass is 9.95. The second-order valence-corrected chi connectivity index (χ2v) is 23.6. The highest BCUT2D eigenvalue weighted by atomic mass is 16.8. The molecule has 0 amide bonds. The molecule has 15 atom stereocenters. The summed E-state index contributed by atoms with van der Waals surface area (Å²) in [4.78, 5) is 142. The number of ether oxygens (including phenoxy) is 15. The van der Waals surface area contributed by atoms with E-state index in [0.29, 0.717) is 0 Å². The molecule has 3 fully saturated rings. The first kappa shape index (κ1) is 73.4. The molecular weight excluding hydrogens is 1350 g/mol. The number of aliphatic hydroxyl groups excluding tert-OH is 1. The molecule has 0 aliphatic carbocycles. The van der Waals surface area contributed by atoms with Gasteiger partial charge in [0, 0.05) is 13.8 Å². The third-order valence-corrected chi connectivity index (χ3v) is 16.4. The second kappa shape index (κ2) is 35.2. The molecule has 0 spiro atoms. The highest BCUT2D eigenvalue weighted by Gasteiger charge is 2.59. The van der Waals surface area contributed by atoms with E-state index in [0.717, 1.165) is 13.8 Å². The lowest BCUT2D eigenvalue weighted by molar-refractivity contribution is -0.361. The van der Waals surface area contributed by atoms with Crippen molar-refractivity contribution in [2.75, 3.05) is 19.8 Å². The van der Waals surface area contributed by atoms with E-state index in [2.05, 4.69) is 0 Å². The zero-order chi connectivity index (χ0) is 73.1. The molecule has 536 valence electrons. The minimum absolute atomic E-state index is 0.00145. The molecule has 0 aromatic heterocycles. The van der Waals surface area contributed by atoms with Gasteiger partial charge in [0.25, 0.3) is 0 Å². The average molecular weight is 1420 g/mol. The normalized spacial score (nSPS) is 24.1. The molecule has 26 heteroatoms. The van der Waals surface area contributed by atoms with Gasteiger partial charge in [-0.25, -0.2) is 38.4 Å². The van der Waals surface area contributed by atoms with E-state index in [4.69, 9.17) is 71.1 Å². The van der Waals surface area contributed by atoms with Crippen LogP contribution in [0.1, 0.15) is 96.7 Å². The van der Waals surface area contributed by atoms with Crippen LogP contribution in [-0.4, -0.2) is 177 Å². The Morgan fingerprint density at radius 3 is 0.817 bits per heavy atom. The smallest absolute Gasteiger partial charge is 0.338 e. The van der Waals surface area contributed by atoms with Gasteiger partial charge in [-0.15, -0.1) is 0 Å². The van der Waals surface area contributed by atoms with Crippen molar-refractivity contribution < 1.29 is 124 Å². The Balaban J connectivity index is 1.01. The molecule has 0 saturated carbocycles. The summed E-state index contributed by atoms with van der Waals surface area (Å²) in [7, 11) is 0. The summed E-state index contributed by atoms with van der Waals surface area (Å²) in [6.07, 6.45) is -30.0. The van der Waals surface area contributed by atoms with Gasteiger partial charge in [0.05, 0.1) is 51.1 Å². The Morgan fingerprint density at radius 2 is 0.510 bits per heavy atom. The van der Waals surface area contributed by atoms with Crippen LogP contribution in [0.15, 0.2) is 243 Å². The van der Waals surface area contributed by atoms with Crippen molar-refractivity contribution in [2.45, 2.75) is 106 Å². The molecule has 3 heterocycles. The molecule has 26 nitrogen and oxygen atoms in total. The molecule has 104 heavy (non-hydrogen) atoms. The molecule has 8 aromatic carbocycles. The van der Waals surface area contributed by atoms with E-state index in [1.54, 1.807) is 109 Å². The summed E-state index contributed by atoms with van der Waals surface area (Å²) in [6.45, 7) is -0.673. The third kappa shape index (κ3) is 18.8. The van der Waals surface area contributed by atoms with Gasteiger partial charge in [-0.1, -0.05) is 146 Å². The van der Waals surface area contributed by atoms with Crippen LogP contribution in [0.4, 0.5) is 0 Å². The average Bonchev–Trinajstić information content (AvgIpc) is 0.764. The quantitative estimate of drug-likeness (QED) is 0.0414. The summed E-state index contributed by atoms with van der Waals surface area (Å²) < 4.78 is 93.6. The van der Waals surface area contributed by atoms with Crippen LogP contribution >= 0.6 is 0 Å². The lowest BCUT2D eigenvalue weighted by Gasteiger charge is -2.48. The van der Waals surface area contributed by atoms with Crippen LogP contribution < -0.4 is 0 Å². The van der Waals surface area contributed by atoms with Gasteiger partial charge in [-0.3, -0.25) is 9.59 Å². The first-order valence-electron chi connectivity index (χ1n) is 32.7. The number of aliphatic hydroxyl groups is 1. The molecule has 0 bridgehead atoms. The highest BCUT2D eigenvalue weighted by molar-refractivity contribution is 5.94. The van der Waals surface area contributed by atoms with Crippen molar-refractivity contribution in [3.05, 3.63) is 287 Å². The molecule has 3 aliphatic heterocycles. The van der Waals surface area contributed by atoms with E-state index in [1.807, 2.05) is 0 Å². The largest absolute Gasteiger partial charge is 0.459 e. The number of esters is 10. The lowest BCUT2D eigenvalue weighted by Crippen LogP contribution is -2.67. The standard InChI is InChI=1S/C78H68O26/c1-46(79)93-59-56(45-92-77-66(102-74(87)54-39-23-9-24-40-54)63(100-72(85)52-35-19-7-20-36-52)60(98-70(83)50-31-15-5-16-32-50)57(96-77)43-90-68(81)48-27-11-3-12-28-48)95-76(89)65(94-47(2)80)62(59)104-78-67(103-75(88)55-41-25-10-26-42-55)64(101-73(86)53-37-21-8-22-38-53)61(99-71(84)51-33-17-6-18-34-51)58(97-78)44-91-69(82)49-29-13-4-14-30-49/h3-42,56-67,76-78,89H,43-45H2,1-2H3/t56-,57+,58-,59-,60+,61?,62+,63+,64+,65+,66-,67+,76-,77+,78+/m1/s1. The number of carbonyl (C=O) groups excluding carboxylic acids is 10. The van der Waals surface area contributed by atoms with Crippen molar-refractivity contribution in [2.24, 2.45) is 0 Å². The van der Waals surface area contributed by atoms with Crippen molar-refractivity contribution in [1.82, 2.24) is 0 Å². The van der Waals surface area contributed by atoms with Crippen LogP contribution in [0.5, 0.6) is 0 Å². The van der Waals surface area contributed by atoms with Gasteiger partial charge in [-0.2, -0.15) is 0 Å². The van der Waals surface area contributed by atoms with E-state index in [1.165, 1.54) is 133 Å². The molecule has 3 aliphatic rings. The van der Waals surface area contributed by atoms with Crippen LogP contribution in [0, 0.1) is 0 Å². The maximum absolute atomic E-state index is 14.7. The maximum Gasteiger partial charge on any atom is 0.338 e. The number of hydrogen-bond donors (Lipinski definition) is 1. The Kier molecular flexibility index (Phi) is 24.9. The highest BCUT2D eigenvalue weighted by Crippen LogP contribution is 2.38. The fraction of sp³-hybridized carbons (Fsp3) is 0.256. The summed E-state index contributed by atoms with van der Waals surface area (Å²) in [5.74, 6) is -10.3. The first-order chi connectivity index (χ1) is 50.5. The van der Waals surface area contributed by atoms with E-state index in [9.17, 15) is 53.1 Å². The summed E-state index contributed by atoms with van der Waals surface area (Å²) in [5.41, 5.74) is -0.105. The fourth-order valence-electron chi connectivity index (χ4n) is 11.5. The van der Waals surface area contributed by atoms with Crippen molar-refractivity contribution in [1.29, 1.82) is 0 Å². The van der Waals surface area contributed by atoms with Gasteiger partial charge in [-0.05, 0) is 97.1 Å². The first-order valence-corrected chi connectivity index (χ1v) is 32.7. The van der Waals surface area contributed by atoms with Gasteiger partial charge in [0.1, 0.15) is 37.6 Å². The Labute approximate surface area is 594 Å². The molecular formula is C78H68O26. The zero-order valence-electron chi connectivity index (χ0n) is 55.5. The Bertz CT molecular complexity index is 4230. The van der Waals surface area contributed by atoms with E-state index in [-0.39, 0.29) is 44.5 Å². The zero-order valence-corrected chi connectivity index (χ0v) is 55.5. The molecule has 1 unspecified atom stereocenters. The van der Waals surface area contributed by atoms with E-state index < -0.39 is 172 Å². The summed E-state index contributed by atoms with van der Waals surface area (Å²) in [6, 6.07) is 60.5. The van der Waals surface area contributed by atoms with Crippen molar-refractivity contribution in [3.8, 4) is 0 Å². The minimum atomic E-state index is -2.32. The van der Waals surface area contributed by atoms with Gasteiger partial charge >= 0.3 is 59.7 Å². The summed E-state index contributed by atoms with van der Waals surface area (Å²) >= 11 is 0. The number of hydrogen-bond acceptors (Lipinski definition) is 26. The molecule has 1 N–H and O–H groups in total. The fourth-order valence-corrected chi connectivity index (χ4v) is 11.5. The van der Waals surface area contributed by atoms with Gasteiger partial charge < -0.3 is 76.2 Å².